The molecule has 3 rings (SSSR count). The summed E-state index contributed by atoms with van der Waals surface area (Å²) < 4.78 is 12.2. The van der Waals surface area contributed by atoms with Gasteiger partial charge in [0.2, 0.25) is 0 Å². The molecule has 1 heterocycles. The molecule has 11 heteroatoms. The van der Waals surface area contributed by atoms with Gasteiger partial charge in [-0.2, -0.15) is 5.10 Å². The lowest BCUT2D eigenvalue weighted by Gasteiger charge is -2.14. The second kappa shape index (κ2) is 11.9. The molecule has 2 N–H and O–H groups in total. The summed E-state index contributed by atoms with van der Waals surface area (Å²) in [5.74, 6) is 1.02. The molecule has 176 valence electrons. The molecule has 1 amide bonds. The Morgan fingerprint density at radius 3 is 2.62 bits per heavy atom. The zero-order chi connectivity index (χ0) is 24.5. The van der Waals surface area contributed by atoms with Crippen LogP contribution in [0.15, 0.2) is 59.8 Å². The smallest absolute Gasteiger partial charge is 0.287 e. The summed E-state index contributed by atoms with van der Waals surface area (Å²) >= 11 is 2.10. The van der Waals surface area contributed by atoms with E-state index in [1.165, 1.54) is 12.1 Å². The summed E-state index contributed by atoms with van der Waals surface area (Å²) in [7, 11) is 0. The number of hydrazone groups is 1. The highest BCUT2D eigenvalue weighted by atomic mass is 127. The maximum Gasteiger partial charge on any atom is 0.287 e. The highest BCUT2D eigenvalue weighted by Crippen LogP contribution is 2.34. The van der Waals surface area contributed by atoms with Gasteiger partial charge in [0.25, 0.3) is 11.6 Å². The molecule has 2 aromatic carbocycles. The number of pyridine rings is 1. The summed E-state index contributed by atoms with van der Waals surface area (Å²) in [4.78, 5) is 26.4. The summed E-state index contributed by atoms with van der Waals surface area (Å²) in [5.41, 5.74) is 5.14. The van der Waals surface area contributed by atoms with Gasteiger partial charge in [0, 0.05) is 11.8 Å². The largest absolute Gasteiger partial charge is 0.490 e. The van der Waals surface area contributed by atoms with Gasteiger partial charge in [-0.1, -0.05) is 17.7 Å². The second-order valence-electron chi connectivity index (χ2n) is 6.99. The van der Waals surface area contributed by atoms with E-state index in [-0.39, 0.29) is 18.2 Å². The maximum atomic E-state index is 12.3. The highest BCUT2D eigenvalue weighted by Gasteiger charge is 2.14. The number of carbonyl (C=O) groups is 1. The number of nitro groups is 1. The van der Waals surface area contributed by atoms with Gasteiger partial charge in [-0.15, -0.1) is 0 Å². The zero-order valence-corrected chi connectivity index (χ0v) is 20.6. The van der Waals surface area contributed by atoms with E-state index in [1.807, 2.05) is 44.2 Å². The molecule has 0 bridgehead atoms. The van der Waals surface area contributed by atoms with Crippen molar-refractivity contribution < 1.29 is 19.2 Å². The number of nitrogens with zero attached hydrogens (tertiary/aromatic N) is 3. The molecule has 0 aliphatic rings. The van der Waals surface area contributed by atoms with Crippen LogP contribution in [0.1, 0.15) is 18.1 Å². The molecule has 0 aliphatic carbocycles. The van der Waals surface area contributed by atoms with Crippen molar-refractivity contribution in [1.29, 1.82) is 0 Å². The van der Waals surface area contributed by atoms with E-state index in [1.54, 1.807) is 12.3 Å². The average molecular weight is 575 g/mol. The van der Waals surface area contributed by atoms with Crippen LogP contribution in [0.3, 0.4) is 0 Å². The monoisotopic (exact) mass is 575 g/mol. The third kappa shape index (κ3) is 7.13. The lowest BCUT2D eigenvalue weighted by atomic mass is 10.2. The van der Waals surface area contributed by atoms with Crippen molar-refractivity contribution in [3.63, 3.8) is 0 Å². The number of carbonyl (C=O) groups excluding carboxylic acids is 1. The number of anilines is 2. The van der Waals surface area contributed by atoms with Crippen LogP contribution < -0.4 is 20.2 Å². The number of ether oxygens (including phenoxy) is 2. The number of aromatic nitrogens is 1. The Hall–Kier alpha value is -3.74. The minimum atomic E-state index is -0.521. The summed E-state index contributed by atoms with van der Waals surface area (Å²) in [6, 6.07) is 13.9. The molecule has 0 aliphatic heterocycles. The van der Waals surface area contributed by atoms with E-state index in [9.17, 15) is 14.9 Å². The lowest BCUT2D eigenvalue weighted by Crippen LogP contribution is -2.20. The highest BCUT2D eigenvalue weighted by molar-refractivity contribution is 14.1. The van der Waals surface area contributed by atoms with Crippen LogP contribution >= 0.6 is 22.6 Å². The molecule has 0 spiro atoms. The second-order valence-corrected chi connectivity index (χ2v) is 8.16. The molecule has 0 saturated heterocycles. The Morgan fingerprint density at radius 2 is 1.97 bits per heavy atom. The van der Waals surface area contributed by atoms with E-state index >= 15 is 0 Å². The first kappa shape index (κ1) is 24.9. The molecule has 0 saturated carbocycles. The Kier molecular flexibility index (Phi) is 8.73. The van der Waals surface area contributed by atoms with Gasteiger partial charge in [0.1, 0.15) is 12.0 Å². The Bertz CT molecular complexity index is 1180. The summed E-state index contributed by atoms with van der Waals surface area (Å²) in [6.07, 6.45) is 2.71. The Labute approximate surface area is 209 Å². The van der Waals surface area contributed by atoms with E-state index in [4.69, 9.17) is 9.47 Å². The first-order valence-corrected chi connectivity index (χ1v) is 11.3. The lowest BCUT2D eigenvalue weighted by molar-refractivity contribution is -0.385. The van der Waals surface area contributed by atoms with E-state index in [0.717, 1.165) is 20.9 Å². The van der Waals surface area contributed by atoms with E-state index in [2.05, 4.69) is 43.4 Å². The van der Waals surface area contributed by atoms with E-state index < -0.39 is 4.92 Å². The summed E-state index contributed by atoms with van der Waals surface area (Å²) in [6.45, 7) is 4.06. The third-order valence-corrected chi connectivity index (χ3v) is 5.17. The number of halogens is 1. The van der Waals surface area contributed by atoms with Crippen LogP contribution in [0, 0.1) is 20.6 Å². The Balaban J connectivity index is 1.65. The van der Waals surface area contributed by atoms with Crippen molar-refractivity contribution in [2.24, 2.45) is 5.10 Å². The fourth-order valence-electron chi connectivity index (χ4n) is 2.77. The number of hydrogen-bond donors (Lipinski definition) is 2. The molecule has 1 aromatic heterocycles. The van der Waals surface area contributed by atoms with E-state index in [0.29, 0.717) is 29.6 Å². The maximum absolute atomic E-state index is 12.3. The normalized spacial score (nSPS) is 10.7. The van der Waals surface area contributed by atoms with Crippen molar-refractivity contribution in [3.8, 4) is 11.5 Å². The molecular weight excluding hydrogens is 553 g/mol. The fourth-order valence-corrected chi connectivity index (χ4v) is 3.55. The van der Waals surface area contributed by atoms with Crippen molar-refractivity contribution in [3.05, 3.63) is 79.5 Å². The number of amides is 1. The number of rotatable bonds is 10. The molecule has 34 heavy (non-hydrogen) atoms. The van der Waals surface area contributed by atoms with Crippen molar-refractivity contribution in [2.75, 3.05) is 24.0 Å². The van der Waals surface area contributed by atoms with Crippen LogP contribution in [0.4, 0.5) is 17.2 Å². The van der Waals surface area contributed by atoms with Crippen LogP contribution in [0.2, 0.25) is 0 Å². The molecule has 3 aromatic rings. The first-order chi connectivity index (χ1) is 16.4. The minimum absolute atomic E-state index is 0.103. The molecule has 0 fully saturated rings. The van der Waals surface area contributed by atoms with Crippen molar-refractivity contribution >= 4 is 51.9 Å². The van der Waals surface area contributed by atoms with Crippen LogP contribution in [-0.4, -0.2) is 35.2 Å². The fraction of sp³-hybridized carbons (Fsp3) is 0.174. The van der Waals surface area contributed by atoms with Crippen molar-refractivity contribution in [1.82, 2.24) is 4.98 Å². The number of hydrogen-bond acceptors (Lipinski definition) is 8. The predicted octanol–water partition coefficient (Wildman–Crippen LogP) is 4.77. The SMILES string of the molecule is CCOc1cc(/C=N\Nc2ccc([N+](=O)[O-])cn2)cc(I)c1OCC(=O)Nc1ccc(C)cc1. The van der Waals surface area contributed by atoms with Crippen LogP contribution in [0.25, 0.3) is 0 Å². The van der Waals surface area contributed by atoms with Gasteiger partial charge in [0.05, 0.1) is 21.3 Å². The molecule has 0 atom stereocenters. The number of nitrogens with one attached hydrogen (secondary N) is 2. The molecule has 0 unspecified atom stereocenters. The van der Waals surface area contributed by atoms with Gasteiger partial charge in [0.15, 0.2) is 18.1 Å². The molecule has 0 radical (unpaired) electrons. The summed E-state index contributed by atoms with van der Waals surface area (Å²) in [5, 5.41) is 17.6. The standard InChI is InChI=1S/C23H22IN5O5/c1-3-33-20-11-16(12-26-28-21-9-8-18(13-25-21)29(31)32)10-19(24)23(20)34-14-22(30)27-17-6-4-15(2)5-7-17/h4-13H,3,14H2,1-2H3,(H,25,28)(H,27,30)/b26-12-. The third-order valence-electron chi connectivity index (χ3n) is 4.37. The average Bonchev–Trinajstić information content (AvgIpc) is 2.80. The number of benzene rings is 2. The minimum Gasteiger partial charge on any atom is -0.490 e. The van der Waals surface area contributed by atoms with Crippen LogP contribution in [-0.2, 0) is 4.79 Å². The van der Waals surface area contributed by atoms with Gasteiger partial charge in [-0.25, -0.2) is 4.98 Å². The molecular formula is C23H22IN5O5. The van der Waals surface area contributed by atoms with Gasteiger partial charge in [-0.3, -0.25) is 20.3 Å². The topological polar surface area (TPSA) is 128 Å². The zero-order valence-electron chi connectivity index (χ0n) is 18.4. The Morgan fingerprint density at radius 1 is 1.21 bits per heavy atom. The van der Waals surface area contributed by atoms with Crippen LogP contribution in [0.5, 0.6) is 11.5 Å². The van der Waals surface area contributed by atoms with Crippen molar-refractivity contribution in [2.45, 2.75) is 13.8 Å². The van der Waals surface area contributed by atoms with Gasteiger partial charge < -0.3 is 14.8 Å². The first-order valence-electron chi connectivity index (χ1n) is 10.2. The van der Waals surface area contributed by atoms with Gasteiger partial charge in [-0.05, 0) is 72.3 Å². The quantitative estimate of drug-likeness (QED) is 0.154. The van der Waals surface area contributed by atoms with Gasteiger partial charge >= 0.3 is 0 Å². The number of aryl methyl sites for hydroxylation is 1. The predicted molar refractivity (Wildman–Crippen MR) is 138 cm³/mol. The molecule has 10 nitrogen and oxygen atoms in total.